The number of carbonyl (C=O) groups is 1. The van der Waals surface area contributed by atoms with Crippen molar-refractivity contribution in [2.45, 2.75) is 0 Å². The molecule has 25 heavy (non-hydrogen) atoms. The zero-order valence-electron chi connectivity index (χ0n) is 13.3. The number of hydrogen-bond donors (Lipinski definition) is 2. The Kier molecular flexibility index (Phi) is 4.04. The Balaban J connectivity index is 1.61. The van der Waals surface area contributed by atoms with Crippen LogP contribution in [0.1, 0.15) is 10.4 Å². The van der Waals surface area contributed by atoms with E-state index in [9.17, 15) is 4.79 Å². The maximum atomic E-state index is 11.5. The van der Waals surface area contributed by atoms with Crippen LogP contribution in [-0.2, 0) is 4.74 Å². The third-order valence-electron chi connectivity index (χ3n) is 4.08. The van der Waals surface area contributed by atoms with Gasteiger partial charge >= 0.3 is 0 Å². The second-order valence-electron chi connectivity index (χ2n) is 5.65. The first-order valence-corrected chi connectivity index (χ1v) is 7.89. The van der Waals surface area contributed by atoms with Crippen LogP contribution >= 0.6 is 0 Å². The zero-order valence-corrected chi connectivity index (χ0v) is 13.3. The number of fused-ring (bicyclic) bond motifs is 1. The lowest BCUT2D eigenvalue weighted by molar-refractivity contribution is 0.0706. The second-order valence-corrected chi connectivity index (χ2v) is 5.65. The molecule has 4 rings (SSSR count). The Labute approximate surface area is 143 Å². The van der Waals surface area contributed by atoms with E-state index in [1.165, 1.54) is 0 Å². The summed E-state index contributed by atoms with van der Waals surface area (Å²) >= 11 is 0. The zero-order chi connectivity index (χ0) is 17.2. The molecule has 3 aromatic rings. The molecule has 0 unspecified atom stereocenters. The molecule has 2 aromatic heterocycles. The molecule has 1 saturated heterocycles. The van der Waals surface area contributed by atoms with Crippen molar-refractivity contribution in [3.63, 3.8) is 0 Å². The molecule has 1 aromatic carbocycles. The van der Waals surface area contributed by atoms with Gasteiger partial charge in [0, 0.05) is 24.8 Å². The molecular weight excluding hydrogens is 324 g/mol. The second kappa shape index (κ2) is 6.50. The first-order valence-electron chi connectivity index (χ1n) is 7.89. The highest BCUT2D eigenvalue weighted by atomic mass is 16.5. The Bertz CT molecular complexity index is 901. The molecule has 0 saturated carbocycles. The normalized spacial score (nSPS) is 14.7. The molecule has 2 N–H and O–H groups in total. The van der Waals surface area contributed by atoms with Crippen LogP contribution in [0.4, 0.5) is 5.82 Å². The van der Waals surface area contributed by atoms with Crippen LogP contribution < -0.4 is 10.4 Å². The highest BCUT2D eigenvalue weighted by Crippen LogP contribution is 2.26. The number of rotatable bonds is 3. The standard InChI is InChI=1S/C17H16N4O4/c22-16(20-23)11-1-3-14-13(9-11)19-17(25-14)12-2-4-15(18-10-12)21-5-7-24-8-6-21/h1-4,9-10,23H,5-8H2,(H,20,22). The van der Waals surface area contributed by atoms with Crippen LogP contribution in [0.3, 0.4) is 0 Å². The van der Waals surface area contributed by atoms with Gasteiger partial charge in [0.15, 0.2) is 5.58 Å². The number of morpholine rings is 1. The monoisotopic (exact) mass is 340 g/mol. The first-order chi connectivity index (χ1) is 12.2. The summed E-state index contributed by atoms with van der Waals surface area (Å²) in [7, 11) is 0. The summed E-state index contributed by atoms with van der Waals surface area (Å²) in [6, 6.07) is 8.60. The van der Waals surface area contributed by atoms with Gasteiger partial charge in [-0.2, -0.15) is 0 Å². The van der Waals surface area contributed by atoms with Crippen molar-refractivity contribution in [3.8, 4) is 11.5 Å². The van der Waals surface area contributed by atoms with E-state index >= 15 is 0 Å². The molecule has 1 amide bonds. The molecule has 3 heterocycles. The lowest BCUT2D eigenvalue weighted by atomic mass is 10.2. The number of aromatic nitrogens is 2. The fraction of sp³-hybridized carbons (Fsp3) is 0.235. The largest absolute Gasteiger partial charge is 0.436 e. The van der Waals surface area contributed by atoms with E-state index in [0.29, 0.717) is 35.8 Å². The van der Waals surface area contributed by atoms with Gasteiger partial charge in [-0.3, -0.25) is 10.0 Å². The van der Waals surface area contributed by atoms with E-state index in [0.717, 1.165) is 24.5 Å². The van der Waals surface area contributed by atoms with Crippen LogP contribution in [0.25, 0.3) is 22.6 Å². The van der Waals surface area contributed by atoms with Crippen LogP contribution in [0.2, 0.25) is 0 Å². The van der Waals surface area contributed by atoms with Crippen LogP contribution in [-0.4, -0.2) is 47.4 Å². The minimum absolute atomic E-state index is 0.302. The summed E-state index contributed by atoms with van der Waals surface area (Å²) in [6.07, 6.45) is 1.72. The molecule has 0 spiro atoms. The molecular formula is C17H16N4O4. The summed E-state index contributed by atoms with van der Waals surface area (Å²) < 4.78 is 11.1. The van der Waals surface area contributed by atoms with E-state index < -0.39 is 5.91 Å². The molecule has 0 aliphatic carbocycles. The van der Waals surface area contributed by atoms with Gasteiger partial charge in [0.2, 0.25) is 5.89 Å². The quantitative estimate of drug-likeness (QED) is 0.554. The van der Waals surface area contributed by atoms with Crippen LogP contribution in [0.15, 0.2) is 40.9 Å². The minimum atomic E-state index is -0.594. The van der Waals surface area contributed by atoms with Crippen molar-refractivity contribution >= 4 is 22.8 Å². The average molecular weight is 340 g/mol. The summed E-state index contributed by atoms with van der Waals surface area (Å²) in [4.78, 5) is 22.5. The van der Waals surface area contributed by atoms with Gasteiger partial charge in [-0.15, -0.1) is 0 Å². The van der Waals surface area contributed by atoms with Crippen molar-refractivity contribution in [2.24, 2.45) is 0 Å². The topological polar surface area (TPSA) is 101 Å². The lowest BCUT2D eigenvalue weighted by Gasteiger charge is -2.27. The number of nitrogens with zero attached hydrogens (tertiary/aromatic N) is 3. The van der Waals surface area contributed by atoms with E-state index in [2.05, 4.69) is 14.9 Å². The molecule has 0 atom stereocenters. The van der Waals surface area contributed by atoms with Crippen molar-refractivity contribution in [1.82, 2.24) is 15.4 Å². The number of hydroxylamine groups is 1. The van der Waals surface area contributed by atoms with Gasteiger partial charge in [-0.05, 0) is 30.3 Å². The van der Waals surface area contributed by atoms with Gasteiger partial charge < -0.3 is 14.1 Å². The number of pyridine rings is 1. The van der Waals surface area contributed by atoms with Gasteiger partial charge in [0.25, 0.3) is 5.91 Å². The van der Waals surface area contributed by atoms with Crippen LogP contribution in [0, 0.1) is 0 Å². The molecule has 0 bridgehead atoms. The fourth-order valence-electron chi connectivity index (χ4n) is 2.75. The number of carbonyl (C=O) groups excluding carboxylic acids is 1. The summed E-state index contributed by atoms with van der Waals surface area (Å²) in [5.74, 6) is 0.727. The van der Waals surface area contributed by atoms with Crippen molar-refractivity contribution in [1.29, 1.82) is 0 Å². The molecule has 8 heteroatoms. The Morgan fingerprint density at radius 2 is 2.04 bits per heavy atom. The SMILES string of the molecule is O=C(NO)c1ccc2oc(-c3ccc(N4CCOCC4)nc3)nc2c1. The molecule has 8 nitrogen and oxygen atoms in total. The Morgan fingerprint density at radius 1 is 1.20 bits per heavy atom. The van der Waals surface area contributed by atoms with E-state index in [-0.39, 0.29) is 0 Å². The number of hydrogen-bond acceptors (Lipinski definition) is 7. The summed E-state index contributed by atoms with van der Waals surface area (Å²) in [5, 5.41) is 8.71. The van der Waals surface area contributed by atoms with Gasteiger partial charge in [-0.1, -0.05) is 0 Å². The maximum absolute atomic E-state index is 11.5. The average Bonchev–Trinajstić information content (AvgIpc) is 3.11. The van der Waals surface area contributed by atoms with Crippen molar-refractivity contribution in [3.05, 3.63) is 42.1 Å². The third-order valence-corrected chi connectivity index (χ3v) is 4.08. The van der Waals surface area contributed by atoms with Crippen molar-refractivity contribution in [2.75, 3.05) is 31.2 Å². The van der Waals surface area contributed by atoms with E-state index in [1.807, 2.05) is 12.1 Å². The number of anilines is 1. The Hall–Kier alpha value is -2.97. The number of benzene rings is 1. The van der Waals surface area contributed by atoms with Crippen LogP contribution in [0.5, 0.6) is 0 Å². The van der Waals surface area contributed by atoms with E-state index in [4.69, 9.17) is 14.4 Å². The summed E-state index contributed by atoms with van der Waals surface area (Å²) in [6.45, 7) is 3.06. The number of oxazole rings is 1. The fourth-order valence-corrected chi connectivity index (χ4v) is 2.75. The lowest BCUT2D eigenvalue weighted by Crippen LogP contribution is -2.36. The number of ether oxygens (including phenoxy) is 1. The third kappa shape index (κ3) is 3.04. The van der Waals surface area contributed by atoms with Gasteiger partial charge in [0.05, 0.1) is 18.8 Å². The molecule has 1 aliphatic heterocycles. The molecule has 1 aliphatic rings. The van der Waals surface area contributed by atoms with E-state index in [1.54, 1.807) is 29.9 Å². The van der Waals surface area contributed by atoms with Gasteiger partial charge in [0.1, 0.15) is 11.3 Å². The van der Waals surface area contributed by atoms with Gasteiger partial charge in [-0.25, -0.2) is 15.4 Å². The number of amides is 1. The highest BCUT2D eigenvalue weighted by molar-refractivity contribution is 5.96. The summed E-state index contributed by atoms with van der Waals surface area (Å²) in [5.41, 5.74) is 3.75. The molecule has 0 radical (unpaired) electrons. The highest BCUT2D eigenvalue weighted by Gasteiger charge is 2.14. The molecule has 128 valence electrons. The Morgan fingerprint density at radius 3 is 2.76 bits per heavy atom. The molecule has 1 fully saturated rings. The maximum Gasteiger partial charge on any atom is 0.274 e. The smallest absolute Gasteiger partial charge is 0.274 e. The predicted molar refractivity (Wildman–Crippen MR) is 89.5 cm³/mol. The number of nitrogens with one attached hydrogen (secondary N) is 1. The minimum Gasteiger partial charge on any atom is -0.436 e. The predicted octanol–water partition coefficient (Wildman–Crippen LogP) is 1.85. The first kappa shape index (κ1) is 15.6. The van der Waals surface area contributed by atoms with Crippen molar-refractivity contribution < 1.29 is 19.2 Å².